The van der Waals surface area contributed by atoms with Gasteiger partial charge in [-0.15, -0.1) is 0 Å². The Bertz CT molecular complexity index is 1080. The maximum Gasteiger partial charge on any atom is 0.338 e. The molecule has 2 aromatic carbocycles. The van der Waals surface area contributed by atoms with Crippen LogP contribution in [0.25, 0.3) is 0 Å². The molecule has 178 valence electrons. The summed E-state index contributed by atoms with van der Waals surface area (Å²) in [7, 11) is -4.01. The molecule has 0 saturated carbocycles. The molecule has 0 atom stereocenters. The normalized spacial score (nSPS) is 11.0. The van der Waals surface area contributed by atoms with Crippen molar-refractivity contribution in [2.45, 2.75) is 31.2 Å². The van der Waals surface area contributed by atoms with E-state index in [0.717, 1.165) is 11.6 Å². The molecule has 0 fully saturated rings. The lowest BCUT2D eigenvalue weighted by atomic mass is 10.2. The van der Waals surface area contributed by atoms with E-state index in [-0.39, 0.29) is 47.6 Å². The molecule has 11 heteroatoms. The molecule has 0 aliphatic carbocycles. The highest BCUT2D eigenvalue weighted by Gasteiger charge is 2.21. The quantitative estimate of drug-likeness (QED) is 0.341. The maximum absolute atomic E-state index is 12.7. The number of halogens is 1. The average molecular weight is 497 g/mol. The summed E-state index contributed by atoms with van der Waals surface area (Å²) in [6, 6.07) is 12.6. The Morgan fingerprint density at radius 3 is 2.45 bits per heavy atom. The van der Waals surface area contributed by atoms with Gasteiger partial charge in [0.25, 0.3) is 5.91 Å². The van der Waals surface area contributed by atoms with Gasteiger partial charge in [0.05, 0.1) is 17.2 Å². The van der Waals surface area contributed by atoms with Crippen molar-refractivity contribution in [3.63, 3.8) is 0 Å². The second-order valence-electron chi connectivity index (χ2n) is 6.79. The van der Waals surface area contributed by atoms with Crippen molar-refractivity contribution in [1.29, 1.82) is 0 Å². The minimum absolute atomic E-state index is 0.0461. The highest BCUT2D eigenvalue weighted by Crippen LogP contribution is 2.23. The fraction of sp³-hybridized carbons (Fsp3) is 0.318. The van der Waals surface area contributed by atoms with Gasteiger partial charge in [-0.05, 0) is 37.1 Å². The molecule has 33 heavy (non-hydrogen) atoms. The van der Waals surface area contributed by atoms with Crippen LogP contribution in [0.2, 0.25) is 5.02 Å². The number of carbonyl (C=O) groups excluding carboxylic acids is 3. The molecule has 0 unspecified atom stereocenters. The van der Waals surface area contributed by atoms with E-state index in [0.29, 0.717) is 6.42 Å². The Morgan fingerprint density at radius 1 is 1.03 bits per heavy atom. The van der Waals surface area contributed by atoms with Crippen LogP contribution in [0.4, 0.5) is 0 Å². The largest absolute Gasteiger partial charge is 0.466 e. The van der Waals surface area contributed by atoms with Crippen molar-refractivity contribution in [2.24, 2.45) is 0 Å². The molecule has 2 N–H and O–H groups in total. The van der Waals surface area contributed by atoms with Crippen LogP contribution in [0.3, 0.4) is 0 Å². The molecule has 9 nitrogen and oxygen atoms in total. The van der Waals surface area contributed by atoms with E-state index in [2.05, 4.69) is 10.0 Å². The van der Waals surface area contributed by atoms with Gasteiger partial charge in [0, 0.05) is 19.5 Å². The van der Waals surface area contributed by atoms with Crippen LogP contribution in [0.15, 0.2) is 53.4 Å². The number of benzene rings is 2. The van der Waals surface area contributed by atoms with Crippen LogP contribution < -0.4 is 10.0 Å². The summed E-state index contributed by atoms with van der Waals surface area (Å²) >= 11 is 6.04. The smallest absolute Gasteiger partial charge is 0.338 e. The second-order valence-corrected chi connectivity index (χ2v) is 8.93. The number of carbonyl (C=O) groups is 3. The third kappa shape index (κ3) is 8.83. The van der Waals surface area contributed by atoms with Crippen LogP contribution >= 0.6 is 11.6 Å². The third-order valence-corrected chi connectivity index (χ3v) is 6.17. The minimum atomic E-state index is -4.01. The van der Waals surface area contributed by atoms with Gasteiger partial charge in [0.1, 0.15) is 4.90 Å². The van der Waals surface area contributed by atoms with E-state index in [1.54, 1.807) is 31.2 Å². The second kappa shape index (κ2) is 12.9. The zero-order valence-electron chi connectivity index (χ0n) is 18.0. The van der Waals surface area contributed by atoms with Crippen molar-refractivity contribution in [3.8, 4) is 0 Å². The Hall–Kier alpha value is -2.95. The van der Waals surface area contributed by atoms with Gasteiger partial charge >= 0.3 is 11.9 Å². The number of sulfonamides is 1. The molecule has 0 aliphatic heterocycles. The first-order valence-electron chi connectivity index (χ1n) is 10.2. The Kier molecular flexibility index (Phi) is 10.3. The summed E-state index contributed by atoms with van der Waals surface area (Å²) in [6.45, 7) is 1.69. The highest BCUT2D eigenvalue weighted by atomic mass is 35.5. The summed E-state index contributed by atoms with van der Waals surface area (Å²) in [5.41, 5.74) is 0.677. The van der Waals surface area contributed by atoms with Gasteiger partial charge < -0.3 is 14.8 Å². The zero-order valence-corrected chi connectivity index (χ0v) is 19.6. The zero-order chi connectivity index (χ0) is 24.3. The lowest BCUT2D eigenvalue weighted by Crippen LogP contribution is -2.30. The number of ether oxygens (including phenoxy) is 2. The van der Waals surface area contributed by atoms with E-state index in [1.807, 2.05) is 6.07 Å². The van der Waals surface area contributed by atoms with Crippen LogP contribution in [0, 0.1) is 0 Å². The molecule has 0 spiro atoms. The molecule has 2 aromatic rings. The number of amides is 1. The molecule has 0 aliphatic rings. The predicted octanol–water partition coefficient (Wildman–Crippen LogP) is 2.43. The topological polar surface area (TPSA) is 128 Å². The first-order chi connectivity index (χ1) is 15.7. The van der Waals surface area contributed by atoms with Gasteiger partial charge in [-0.1, -0.05) is 41.9 Å². The molecule has 0 saturated heterocycles. The third-order valence-electron chi connectivity index (χ3n) is 4.29. The average Bonchev–Trinajstić information content (AvgIpc) is 2.80. The maximum atomic E-state index is 12.7. The summed E-state index contributed by atoms with van der Waals surface area (Å²) in [4.78, 5) is 35.1. The van der Waals surface area contributed by atoms with Gasteiger partial charge in [0.2, 0.25) is 10.0 Å². The van der Waals surface area contributed by atoms with E-state index < -0.39 is 28.5 Å². The summed E-state index contributed by atoms with van der Waals surface area (Å²) in [5.74, 6) is -1.80. The Labute approximate surface area is 197 Å². The fourth-order valence-corrected chi connectivity index (χ4v) is 4.19. The van der Waals surface area contributed by atoms with Gasteiger partial charge in [-0.2, -0.15) is 0 Å². The van der Waals surface area contributed by atoms with Crippen molar-refractivity contribution in [2.75, 3.05) is 19.8 Å². The predicted molar refractivity (Wildman–Crippen MR) is 121 cm³/mol. The van der Waals surface area contributed by atoms with Crippen molar-refractivity contribution in [3.05, 3.63) is 64.7 Å². The number of rotatable bonds is 12. The molecule has 1 amide bonds. The summed E-state index contributed by atoms with van der Waals surface area (Å²) < 4.78 is 37.5. The molecule has 0 aromatic heterocycles. The minimum Gasteiger partial charge on any atom is -0.466 e. The van der Waals surface area contributed by atoms with Crippen molar-refractivity contribution in [1.82, 2.24) is 10.0 Å². The molecule has 0 radical (unpaired) electrons. The molecular formula is C22H25ClN2O7S. The summed E-state index contributed by atoms with van der Waals surface area (Å²) in [6.07, 6.45) is 0.543. The number of hydrogen-bond donors (Lipinski definition) is 2. The van der Waals surface area contributed by atoms with Crippen molar-refractivity contribution < 1.29 is 32.3 Å². The number of hydrogen-bond acceptors (Lipinski definition) is 7. The monoisotopic (exact) mass is 496 g/mol. The Balaban J connectivity index is 1.90. The SMILES string of the molecule is CCOC(=O)CCCNC(=O)COC(=O)c1ccc(Cl)c(S(=O)(=O)NCc2ccccc2)c1. The van der Waals surface area contributed by atoms with Gasteiger partial charge in [0.15, 0.2) is 6.61 Å². The number of nitrogens with one attached hydrogen (secondary N) is 2. The molecule has 2 rings (SSSR count). The van der Waals surface area contributed by atoms with E-state index in [1.165, 1.54) is 12.1 Å². The van der Waals surface area contributed by atoms with Gasteiger partial charge in [-0.25, -0.2) is 17.9 Å². The number of esters is 2. The van der Waals surface area contributed by atoms with Gasteiger partial charge in [-0.3, -0.25) is 9.59 Å². The van der Waals surface area contributed by atoms with E-state index in [9.17, 15) is 22.8 Å². The van der Waals surface area contributed by atoms with Crippen molar-refractivity contribution >= 4 is 39.5 Å². The first kappa shape index (κ1) is 26.3. The van der Waals surface area contributed by atoms with Crippen LogP contribution in [0.1, 0.15) is 35.7 Å². The standard InChI is InChI=1S/C22H25ClN2O7S/c1-2-31-21(27)9-6-12-24-20(26)15-32-22(28)17-10-11-18(23)19(13-17)33(29,30)25-14-16-7-4-3-5-8-16/h3-5,7-8,10-11,13,25H,2,6,9,12,14-15H2,1H3,(H,24,26). The Morgan fingerprint density at radius 2 is 1.76 bits per heavy atom. The fourth-order valence-electron chi connectivity index (χ4n) is 2.65. The first-order valence-corrected chi connectivity index (χ1v) is 12.0. The van der Waals surface area contributed by atoms with Crippen LogP contribution in [0.5, 0.6) is 0 Å². The molecule has 0 bridgehead atoms. The molecular weight excluding hydrogens is 472 g/mol. The van der Waals surface area contributed by atoms with Crippen LogP contribution in [-0.4, -0.2) is 46.0 Å². The van der Waals surface area contributed by atoms with E-state index in [4.69, 9.17) is 21.1 Å². The molecule has 0 heterocycles. The summed E-state index contributed by atoms with van der Waals surface area (Å²) in [5, 5.41) is 2.45. The van der Waals surface area contributed by atoms with E-state index >= 15 is 0 Å². The van der Waals surface area contributed by atoms with Crippen LogP contribution in [-0.2, 0) is 35.6 Å². The lowest BCUT2D eigenvalue weighted by Gasteiger charge is -2.11. The highest BCUT2D eigenvalue weighted by molar-refractivity contribution is 7.89. The lowest BCUT2D eigenvalue weighted by molar-refractivity contribution is -0.143.